The number of carbonyl (C=O) groups is 3. The zero-order valence-corrected chi connectivity index (χ0v) is 19.8. The van der Waals surface area contributed by atoms with Crippen LogP contribution in [0.15, 0.2) is 53.4 Å². The van der Waals surface area contributed by atoms with Crippen molar-refractivity contribution in [3.8, 4) is 5.75 Å². The van der Waals surface area contributed by atoms with Gasteiger partial charge < -0.3 is 20.1 Å². The minimum atomic E-state index is -0.585. The third-order valence-corrected chi connectivity index (χ3v) is 6.68. The van der Waals surface area contributed by atoms with E-state index in [4.69, 9.17) is 9.47 Å². The molecule has 1 saturated carbocycles. The highest BCUT2D eigenvalue weighted by Crippen LogP contribution is 2.25. The number of hydrogen-bond acceptors (Lipinski definition) is 6. The number of carbonyl (C=O) groups excluding carboxylic acids is 3. The molecule has 2 aromatic carbocycles. The number of nitrogens with one attached hydrogen (secondary N) is 2. The number of esters is 1. The Morgan fingerprint density at radius 1 is 1.03 bits per heavy atom. The highest BCUT2D eigenvalue weighted by Gasteiger charge is 2.23. The van der Waals surface area contributed by atoms with Crippen LogP contribution in [0, 0.1) is 5.92 Å². The molecule has 2 N–H and O–H groups in total. The van der Waals surface area contributed by atoms with Crippen LogP contribution in [0.4, 0.5) is 5.69 Å². The Labute approximate surface area is 198 Å². The van der Waals surface area contributed by atoms with Gasteiger partial charge in [0.2, 0.25) is 5.91 Å². The number of amides is 2. The molecule has 33 heavy (non-hydrogen) atoms. The van der Waals surface area contributed by atoms with Crippen molar-refractivity contribution in [3.63, 3.8) is 0 Å². The Kier molecular flexibility index (Phi) is 9.18. The first-order valence-electron chi connectivity index (χ1n) is 11.1. The zero-order valence-electron chi connectivity index (χ0n) is 19.0. The van der Waals surface area contributed by atoms with Gasteiger partial charge in [0, 0.05) is 22.7 Å². The SMILES string of the molecule is COc1cccc(NC(=O)CSc2ccccc2C(=O)OCC(=O)N[C@H]2CCCC[C@H]2C)c1. The van der Waals surface area contributed by atoms with Crippen LogP contribution in [0.3, 0.4) is 0 Å². The Bertz CT molecular complexity index is 981. The van der Waals surface area contributed by atoms with E-state index in [-0.39, 0.29) is 30.2 Å². The summed E-state index contributed by atoms with van der Waals surface area (Å²) in [5.41, 5.74) is 0.960. The van der Waals surface area contributed by atoms with Crippen molar-refractivity contribution in [2.45, 2.75) is 43.5 Å². The molecule has 0 aliphatic heterocycles. The van der Waals surface area contributed by atoms with Gasteiger partial charge in [0.25, 0.3) is 5.91 Å². The van der Waals surface area contributed by atoms with Crippen LogP contribution in [-0.2, 0) is 14.3 Å². The lowest BCUT2D eigenvalue weighted by molar-refractivity contribution is -0.125. The second kappa shape index (κ2) is 12.3. The van der Waals surface area contributed by atoms with Crippen LogP contribution >= 0.6 is 11.8 Å². The van der Waals surface area contributed by atoms with E-state index in [1.54, 1.807) is 55.6 Å². The van der Waals surface area contributed by atoms with Crippen molar-refractivity contribution < 1.29 is 23.9 Å². The summed E-state index contributed by atoms with van der Waals surface area (Å²) in [6, 6.07) is 14.1. The fourth-order valence-electron chi connectivity index (χ4n) is 3.79. The van der Waals surface area contributed by atoms with Gasteiger partial charge in [0.1, 0.15) is 5.75 Å². The summed E-state index contributed by atoms with van der Waals surface area (Å²) in [5.74, 6) is 0.108. The smallest absolute Gasteiger partial charge is 0.339 e. The normalized spacial score (nSPS) is 17.6. The predicted molar refractivity (Wildman–Crippen MR) is 129 cm³/mol. The number of hydrogen-bond donors (Lipinski definition) is 2. The van der Waals surface area contributed by atoms with Gasteiger partial charge in [-0.1, -0.05) is 38.0 Å². The first-order chi connectivity index (χ1) is 16.0. The van der Waals surface area contributed by atoms with Gasteiger partial charge in [0.15, 0.2) is 6.61 Å². The van der Waals surface area contributed by atoms with E-state index in [1.807, 2.05) is 0 Å². The number of anilines is 1. The largest absolute Gasteiger partial charge is 0.497 e. The molecule has 8 heteroatoms. The molecule has 3 rings (SSSR count). The van der Waals surface area contributed by atoms with Crippen LogP contribution in [0.1, 0.15) is 43.0 Å². The summed E-state index contributed by atoms with van der Waals surface area (Å²) in [6.45, 7) is 1.81. The van der Waals surface area contributed by atoms with Crippen LogP contribution in [-0.4, -0.2) is 43.3 Å². The van der Waals surface area contributed by atoms with Gasteiger partial charge in [-0.2, -0.15) is 0 Å². The molecule has 1 fully saturated rings. The Hall–Kier alpha value is -3.00. The third kappa shape index (κ3) is 7.53. The van der Waals surface area contributed by atoms with Gasteiger partial charge in [-0.3, -0.25) is 9.59 Å². The average Bonchev–Trinajstić information content (AvgIpc) is 2.83. The lowest BCUT2D eigenvalue weighted by atomic mass is 9.86. The summed E-state index contributed by atoms with van der Waals surface area (Å²) in [7, 11) is 1.56. The maximum atomic E-state index is 12.6. The second-order valence-electron chi connectivity index (χ2n) is 8.08. The zero-order chi connectivity index (χ0) is 23.6. The molecule has 2 amide bonds. The number of benzene rings is 2. The average molecular weight is 471 g/mol. The fourth-order valence-corrected chi connectivity index (χ4v) is 4.63. The Morgan fingerprint density at radius 2 is 1.82 bits per heavy atom. The molecule has 2 atom stereocenters. The van der Waals surface area contributed by atoms with Crippen molar-refractivity contribution in [2.24, 2.45) is 5.92 Å². The van der Waals surface area contributed by atoms with Crippen molar-refractivity contribution in [1.82, 2.24) is 5.32 Å². The minimum absolute atomic E-state index is 0.113. The summed E-state index contributed by atoms with van der Waals surface area (Å²) >= 11 is 1.23. The number of thioether (sulfide) groups is 1. The summed E-state index contributed by atoms with van der Waals surface area (Å²) in [5, 5.41) is 5.79. The van der Waals surface area contributed by atoms with E-state index in [9.17, 15) is 14.4 Å². The lowest BCUT2D eigenvalue weighted by Crippen LogP contribution is -2.42. The lowest BCUT2D eigenvalue weighted by Gasteiger charge is -2.29. The highest BCUT2D eigenvalue weighted by molar-refractivity contribution is 8.00. The number of ether oxygens (including phenoxy) is 2. The summed E-state index contributed by atoms with van der Waals surface area (Å²) in [4.78, 5) is 37.8. The van der Waals surface area contributed by atoms with Crippen LogP contribution in [0.25, 0.3) is 0 Å². The first kappa shape index (κ1) is 24.6. The van der Waals surface area contributed by atoms with Crippen LogP contribution in [0.2, 0.25) is 0 Å². The molecular weight excluding hydrogens is 440 g/mol. The summed E-state index contributed by atoms with van der Waals surface area (Å²) in [6.07, 6.45) is 4.35. The van der Waals surface area contributed by atoms with Gasteiger partial charge in [-0.05, 0) is 43.0 Å². The van der Waals surface area contributed by atoms with E-state index >= 15 is 0 Å². The number of rotatable bonds is 9. The minimum Gasteiger partial charge on any atom is -0.497 e. The topological polar surface area (TPSA) is 93.7 Å². The highest BCUT2D eigenvalue weighted by atomic mass is 32.2. The molecule has 0 spiro atoms. The molecule has 0 radical (unpaired) electrons. The fraction of sp³-hybridized carbons (Fsp3) is 0.400. The standard InChI is InChI=1S/C25H30N2O5S/c1-17-8-3-5-12-21(17)27-23(28)15-32-25(30)20-11-4-6-13-22(20)33-16-24(29)26-18-9-7-10-19(14-18)31-2/h4,6-7,9-11,13-14,17,21H,3,5,8,12,15-16H2,1-2H3,(H,26,29)(H,27,28)/t17-,21+/m1/s1. The Balaban J connectivity index is 1.50. The summed E-state index contributed by atoms with van der Waals surface area (Å²) < 4.78 is 10.4. The van der Waals surface area contributed by atoms with Gasteiger partial charge in [-0.25, -0.2) is 4.79 Å². The van der Waals surface area contributed by atoms with Crippen molar-refractivity contribution >= 4 is 35.2 Å². The molecule has 0 bridgehead atoms. The molecule has 0 heterocycles. The van der Waals surface area contributed by atoms with E-state index < -0.39 is 5.97 Å². The maximum Gasteiger partial charge on any atom is 0.339 e. The van der Waals surface area contributed by atoms with E-state index in [2.05, 4.69) is 17.6 Å². The van der Waals surface area contributed by atoms with E-state index in [1.165, 1.54) is 18.2 Å². The van der Waals surface area contributed by atoms with Gasteiger partial charge >= 0.3 is 5.97 Å². The van der Waals surface area contributed by atoms with Crippen LogP contribution in [0.5, 0.6) is 5.75 Å². The second-order valence-corrected chi connectivity index (χ2v) is 9.09. The predicted octanol–water partition coefficient (Wildman–Crippen LogP) is 4.28. The third-order valence-electron chi connectivity index (χ3n) is 5.61. The van der Waals surface area contributed by atoms with Crippen molar-refractivity contribution in [1.29, 1.82) is 0 Å². The number of methoxy groups -OCH3 is 1. The van der Waals surface area contributed by atoms with Crippen LogP contribution < -0.4 is 15.4 Å². The first-order valence-corrected chi connectivity index (χ1v) is 12.1. The monoisotopic (exact) mass is 470 g/mol. The van der Waals surface area contributed by atoms with E-state index in [0.29, 0.717) is 27.8 Å². The molecular formula is C25H30N2O5S. The van der Waals surface area contributed by atoms with Crippen molar-refractivity contribution in [3.05, 3.63) is 54.1 Å². The van der Waals surface area contributed by atoms with E-state index in [0.717, 1.165) is 19.3 Å². The molecule has 1 aliphatic rings. The molecule has 1 aliphatic carbocycles. The molecule has 0 unspecified atom stereocenters. The molecule has 0 aromatic heterocycles. The quantitative estimate of drug-likeness (QED) is 0.420. The molecule has 7 nitrogen and oxygen atoms in total. The van der Waals surface area contributed by atoms with Gasteiger partial charge in [0.05, 0.1) is 18.4 Å². The maximum absolute atomic E-state index is 12.6. The van der Waals surface area contributed by atoms with Crippen molar-refractivity contribution in [2.75, 3.05) is 24.8 Å². The molecule has 2 aromatic rings. The van der Waals surface area contributed by atoms with Gasteiger partial charge in [-0.15, -0.1) is 11.8 Å². The Morgan fingerprint density at radius 3 is 2.61 bits per heavy atom. The molecule has 176 valence electrons. The molecule has 0 saturated heterocycles.